The lowest BCUT2D eigenvalue weighted by Crippen LogP contribution is -2.43. The number of nitrogens with zero attached hydrogens (tertiary/aromatic N) is 2. The van der Waals surface area contributed by atoms with Crippen LogP contribution in [0.4, 0.5) is 0 Å². The Bertz CT molecular complexity index is 1050. The number of piperidine rings is 1. The Morgan fingerprint density at radius 3 is 2.73 bits per heavy atom. The van der Waals surface area contributed by atoms with Crippen molar-refractivity contribution in [1.29, 1.82) is 0 Å². The van der Waals surface area contributed by atoms with Crippen molar-refractivity contribution in [3.63, 3.8) is 0 Å². The van der Waals surface area contributed by atoms with Gasteiger partial charge in [-0.1, -0.05) is 30.3 Å². The van der Waals surface area contributed by atoms with Gasteiger partial charge in [0, 0.05) is 18.0 Å². The second-order valence-electron chi connectivity index (χ2n) is 7.94. The number of aromatic nitrogens is 1. The molecule has 0 spiro atoms. The van der Waals surface area contributed by atoms with Crippen molar-refractivity contribution >= 4 is 33.4 Å². The number of ether oxygens (including phenoxy) is 1. The summed E-state index contributed by atoms with van der Waals surface area (Å²) in [6.07, 6.45) is 1.59. The third-order valence-corrected chi connectivity index (χ3v) is 6.85. The zero-order valence-corrected chi connectivity index (χ0v) is 18.6. The van der Waals surface area contributed by atoms with Crippen LogP contribution in [0.15, 0.2) is 42.5 Å². The van der Waals surface area contributed by atoms with Crippen molar-refractivity contribution in [3.05, 3.63) is 58.6 Å². The van der Waals surface area contributed by atoms with Gasteiger partial charge in [0.25, 0.3) is 5.91 Å². The first-order valence-corrected chi connectivity index (χ1v) is 11.4. The van der Waals surface area contributed by atoms with Crippen LogP contribution in [0.3, 0.4) is 0 Å². The molecule has 6 heteroatoms. The zero-order valence-electron chi connectivity index (χ0n) is 17.8. The van der Waals surface area contributed by atoms with E-state index in [0.29, 0.717) is 25.4 Å². The summed E-state index contributed by atoms with van der Waals surface area (Å²) in [4.78, 5) is 28.9. The SMILES string of the molecule is CCOC(=O)[C@H]1CCCN(C(=O)c2cc3sc(C)cc3n2[C@H](C)c2ccccc2)C1. The second kappa shape index (κ2) is 8.64. The van der Waals surface area contributed by atoms with Crippen LogP contribution in [0.2, 0.25) is 0 Å². The number of thiophene rings is 1. The number of hydrogen-bond acceptors (Lipinski definition) is 4. The van der Waals surface area contributed by atoms with Crippen LogP contribution in [0.1, 0.15) is 53.7 Å². The van der Waals surface area contributed by atoms with Crippen molar-refractivity contribution in [2.75, 3.05) is 19.7 Å². The van der Waals surface area contributed by atoms with E-state index in [1.54, 1.807) is 11.3 Å². The molecule has 1 aliphatic rings. The fraction of sp³-hybridized carbons (Fsp3) is 0.417. The first-order valence-electron chi connectivity index (χ1n) is 10.6. The molecule has 1 amide bonds. The number of aryl methyl sites for hydroxylation is 1. The molecule has 5 nitrogen and oxygen atoms in total. The largest absolute Gasteiger partial charge is 0.466 e. The second-order valence-corrected chi connectivity index (χ2v) is 9.22. The molecule has 1 aromatic carbocycles. The Morgan fingerprint density at radius 2 is 2.00 bits per heavy atom. The molecule has 0 aliphatic carbocycles. The van der Waals surface area contributed by atoms with Gasteiger partial charge in [-0.2, -0.15) is 0 Å². The molecule has 2 aromatic heterocycles. The minimum absolute atomic E-state index is 0.00664. The maximum Gasteiger partial charge on any atom is 0.310 e. The fourth-order valence-electron chi connectivity index (χ4n) is 4.37. The summed E-state index contributed by atoms with van der Waals surface area (Å²) in [5, 5.41) is 0. The van der Waals surface area contributed by atoms with Gasteiger partial charge in [-0.25, -0.2) is 0 Å². The lowest BCUT2D eigenvalue weighted by Gasteiger charge is -2.32. The number of likely N-dealkylation sites (tertiary alicyclic amines) is 1. The number of carbonyl (C=O) groups excluding carboxylic acids is 2. The maximum absolute atomic E-state index is 13.6. The van der Waals surface area contributed by atoms with Crippen LogP contribution >= 0.6 is 11.3 Å². The smallest absolute Gasteiger partial charge is 0.310 e. The van der Waals surface area contributed by atoms with Gasteiger partial charge in [-0.3, -0.25) is 9.59 Å². The van der Waals surface area contributed by atoms with Crippen molar-refractivity contribution in [2.45, 2.75) is 39.7 Å². The maximum atomic E-state index is 13.6. The quantitative estimate of drug-likeness (QED) is 0.540. The molecular formula is C24H28N2O3S. The van der Waals surface area contributed by atoms with Gasteiger partial charge in [-0.05, 0) is 51.3 Å². The number of carbonyl (C=O) groups is 2. The van der Waals surface area contributed by atoms with Crippen LogP contribution < -0.4 is 0 Å². The van der Waals surface area contributed by atoms with Crippen LogP contribution in [0.5, 0.6) is 0 Å². The van der Waals surface area contributed by atoms with Crippen LogP contribution in [-0.4, -0.2) is 41.0 Å². The molecule has 158 valence electrons. The molecule has 0 radical (unpaired) electrons. The van der Waals surface area contributed by atoms with E-state index < -0.39 is 0 Å². The summed E-state index contributed by atoms with van der Waals surface area (Å²) in [5.74, 6) is -0.437. The Kier molecular flexibility index (Phi) is 5.95. The highest BCUT2D eigenvalue weighted by Crippen LogP contribution is 2.34. The molecule has 0 bridgehead atoms. The number of rotatable bonds is 5. The van der Waals surface area contributed by atoms with Crippen molar-refractivity contribution in [3.8, 4) is 0 Å². The monoisotopic (exact) mass is 424 g/mol. The molecule has 0 N–H and O–H groups in total. The number of amides is 1. The van der Waals surface area contributed by atoms with E-state index in [0.717, 1.165) is 28.6 Å². The minimum Gasteiger partial charge on any atom is -0.466 e. The molecule has 30 heavy (non-hydrogen) atoms. The van der Waals surface area contributed by atoms with Gasteiger partial charge in [-0.15, -0.1) is 11.3 Å². The average Bonchev–Trinajstić information content (AvgIpc) is 3.29. The first-order chi connectivity index (χ1) is 14.5. The summed E-state index contributed by atoms with van der Waals surface area (Å²) in [7, 11) is 0. The van der Waals surface area contributed by atoms with E-state index in [-0.39, 0.29) is 23.8 Å². The van der Waals surface area contributed by atoms with Crippen molar-refractivity contribution < 1.29 is 14.3 Å². The molecule has 1 saturated heterocycles. The summed E-state index contributed by atoms with van der Waals surface area (Å²) in [6, 6.07) is 14.5. The van der Waals surface area contributed by atoms with E-state index in [4.69, 9.17) is 4.74 Å². The number of benzene rings is 1. The van der Waals surface area contributed by atoms with Gasteiger partial charge in [0.15, 0.2) is 0 Å². The molecule has 3 aromatic rings. The van der Waals surface area contributed by atoms with Gasteiger partial charge < -0.3 is 14.2 Å². The van der Waals surface area contributed by atoms with E-state index in [2.05, 4.69) is 36.6 Å². The third-order valence-electron chi connectivity index (χ3n) is 5.87. The average molecular weight is 425 g/mol. The van der Waals surface area contributed by atoms with Crippen molar-refractivity contribution in [2.24, 2.45) is 5.92 Å². The summed E-state index contributed by atoms with van der Waals surface area (Å²) < 4.78 is 8.48. The molecule has 4 rings (SSSR count). The fourth-order valence-corrected chi connectivity index (χ4v) is 5.32. The predicted molar refractivity (Wildman–Crippen MR) is 120 cm³/mol. The summed E-state index contributed by atoms with van der Waals surface area (Å²) in [6.45, 7) is 7.52. The van der Waals surface area contributed by atoms with Crippen LogP contribution in [0.25, 0.3) is 10.2 Å². The van der Waals surface area contributed by atoms with E-state index >= 15 is 0 Å². The Labute approximate surface area is 181 Å². The summed E-state index contributed by atoms with van der Waals surface area (Å²) >= 11 is 1.71. The molecule has 3 heterocycles. The molecule has 1 fully saturated rings. The van der Waals surface area contributed by atoms with Gasteiger partial charge in [0.05, 0.1) is 28.8 Å². The van der Waals surface area contributed by atoms with Crippen molar-refractivity contribution in [1.82, 2.24) is 9.47 Å². The Morgan fingerprint density at radius 1 is 1.23 bits per heavy atom. The van der Waals surface area contributed by atoms with E-state index in [1.807, 2.05) is 36.1 Å². The third kappa shape index (κ3) is 3.88. The standard InChI is InChI=1S/C24H28N2O3S/c1-4-29-24(28)19-11-8-12-25(15-19)23(27)21-14-22-20(13-16(2)30-22)26(21)17(3)18-9-6-5-7-10-18/h5-7,9-10,13-14,17,19H,4,8,11-12,15H2,1-3H3/t17-,19+/m1/s1. The Balaban J connectivity index is 1.69. The number of hydrogen-bond donors (Lipinski definition) is 0. The van der Waals surface area contributed by atoms with E-state index in [1.165, 1.54) is 4.88 Å². The lowest BCUT2D eigenvalue weighted by molar-refractivity contribution is -0.149. The van der Waals surface area contributed by atoms with Gasteiger partial charge >= 0.3 is 5.97 Å². The molecule has 2 atom stereocenters. The topological polar surface area (TPSA) is 51.5 Å². The molecular weight excluding hydrogens is 396 g/mol. The zero-order chi connectivity index (χ0) is 21.3. The molecule has 0 unspecified atom stereocenters. The minimum atomic E-state index is -0.235. The Hall–Kier alpha value is -2.60. The lowest BCUT2D eigenvalue weighted by atomic mass is 9.98. The highest BCUT2D eigenvalue weighted by atomic mass is 32.1. The normalized spacial score (nSPS) is 17.8. The predicted octanol–water partition coefficient (Wildman–Crippen LogP) is 5.04. The summed E-state index contributed by atoms with van der Waals surface area (Å²) in [5.41, 5.74) is 2.95. The number of fused-ring (bicyclic) bond motifs is 1. The van der Waals surface area contributed by atoms with Gasteiger partial charge in [0.1, 0.15) is 5.69 Å². The molecule has 0 saturated carbocycles. The highest BCUT2D eigenvalue weighted by molar-refractivity contribution is 7.19. The van der Waals surface area contributed by atoms with Crippen LogP contribution in [0, 0.1) is 12.8 Å². The number of esters is 1. The van der Waals surface area contributed by atoms with E-state index in [9.17, 15) is 9.59 Å². The molecule has 1 aliphatic heterocycles. The highest BCUT2D eigenvalue weighted by Gasteiger charge is 2.32. The van der Waals surface area contributed by atoms with Gasteiger partial charge in [0.2, 0.25) is 0 Å². The van der Waals surface area contributed by atoms with Crippen LogP contribution in [-0.2, 0) is 9.53 Å². The first kappa shape index (κ1) is 20.7.